The highest BCUT2D eigenvalue weighted by atomic mass is 16.4. The molecule has 1 aromatic heterocycles. The number of aromatic nitrogens is 2. The molecule has 0 spiro atoms. The number of rotatable bonds is 7. The normalized spacial score (nSPS) is 13.9. The van der Waals surface area contributed by atoms with Crippen LogP contribution in [0.5, 0.6) is 0 Å². The fraction of sp³-hybridized carbons (Fsp3) is 0.545. The monoisotopic (exact) mass is 254 g/mol. The molecule has 1 amide bonds. The third-order valence-corrected chi connectivity index (χ3v) is 2.51. The van der Waals surface area contributed by atoms with Gasteiger partial charge in [-0.1, -0.05) is 0 Å². The standard InChI is InChI=1S/C11H18N4O3/c1-7(2-3-10(16)17)15-11(18)9(12)4-8-5-13-6-14-8/h5-7,9H,2-4,12H2,1H3,(H,13,14)(H,15,18)(H,16,17). The summed E-state index contributed by atoms with van der Waals surface area (Å²) in [6.45, 7) is 1.75. The molecule has 2 atom stereocenters. The van der Waals surface area contributed by atoms with Gasteiger partial charge >= 0.3 is 5.97 Å². The van der Waals surface area contributed by atoms with E-state index in [1.165, 1.54) is 6.33 Å². The second-order valence-electron chi connectivity index (χ2n) is 4.23. The van der Waals surface area contributed by atoms with E-state index in [-0.39, 0.29) is 18.4 Å². The van der Waals surface area contributed by atoms with Crippen LogP contribution in [0.25, 0.3) is 0 Å². The lowest BCUT2D eigenvalue weighted by Crippen LogP contribution is -2.45. The number of nitrogens with zero attached hydrogens (tertiary/aromatic N) is 1. The van der Waals surface area contributed by atoms with Crippen molar-refractivity contribution in [3.8, 4) is 0 Å². The maximum Gasteiger partial charge on any atom is 0.303 e. The zero-order valence-electron chi connectivity index (χ0n) is 10.2. The number of carbonyl (C=O) groups excluding carboxylic acids is 1. The van der Waals surface area contributed by atoms with Crippen LogP contribution in [0.1, 0.15) is 25.5 Å². The molecule has 100 valence electrons. The summed E-state index contributed by atoms with van der Waals surface area (Å²) >= 11 is 0. The quantitative estimate of drug-likeness (QED) is 0.530. The van der Waals surface area contributed by atoms with Crippen molar-refractivity contribution in [2.45, 2.75) is 38.3 Å². The SMILES string of the molecule is CC(CCC(=O)O)NC(=O)C(N)Cc1cnc[nH]1. The van der Waals surface area contributed by atoms with Gasteiger partial charge in [0.1, 0.15) is 0 Å². The average Bonchev–Trinajstić information content (AvgIpc) is 2.79. The fourth-order valence-electron chi connectivity index (χ4n) is 1.49. The summed E-state index contributed by atoms with van der Waals surface area (Å²) < 4.78 is 0. The van der Waals surface area contributed by atoms with Crippen LogP contribution in [0.2, 0.25) is 0 Å². The lowest BCUT2D eigenvalue weighted by atomic mass is 10.1. The molecule has 7 nitrogen and oxygen atoms in total. The number of aliphatic carboxylic acids is 1. The van der Waals surface area contributed by atoms with Gasteiger partial charge in [-0.2, -0.15) is 0 Å². The molecule has 1 rings (SSSR count). The second kappa shape index (κ2) is 6.75. The van der Waals surface area contributed by atoms with Gasteiger partial charge in [-0.3, -0.25) is 9.59 Å². The maximum atomic E-state index is 11.7. The number of nitrogens with one attached hydrogen (secondary N) is 2. The molecule has 2 unspecified atom stereocenters. The summed E-state index contributed by atoms with van der Waals surface area (Å²) in [5.74, 6) is -1.17. The number of imidazole rings is 1. The van der Waals surface area contributed by atoms with E-state index in [1.54, 1.807) is 13.1 Å². The Morgan fingerprint density at radius 1 is 1.61 bits per heavy atom. The van der Waals surface area contributed by atoms with E-state index in [9.17, 15) is 9.59 Å². The van der Waals surface area contributed by atoms with Gasteiger partial charge in [0.05, 0.1) is 12.4 Å². The molecule has 0 radical (unpaired) electrons. The predicted molar refractivity (Wildman–Crippen MR) is 64.7 cm³/mol. The Labute approximate surface area is 105 Å². The minimum Gasteiger partial charge on any atom is -0.481 e. The van der Waals surface area contributed by atoms with Crippen LogP contribution in [-0.4, -0.2) is 39.0 Å². The van der Waals surface area contributed by atoms with Crippen LogP contribution in [0.4, 0.5) is 0 Å². The summed E-state index contributed by atoms with van der Waals surface area (Å²) in [6, 6.07) is -0.876. The Morgan fingerprint density at radius 2 is 2.33 bits per heavy atom. The fourth-order valence-corrected chi connectivity index (χ4v) is 1.49. The van der Waals surface area contributed by atoms with E-state index in [2.05, 4.69) is 15.3 Å². The number of hydrogen-bond acceptors (Lipinski definition) is 4. The topological polar surface area (TPSA) is 121 Å². The number of carbonyl (C=O) groups is 2. The first-order chi connectivity index (χ1) is 8.49. The number of H-pyrrole nitrogens is 1. The Bertz CT molecular complexity index is 391. The molecule has 0 saturated heterocycles. The van der Waals surface area contributed by atoms with Gasteiger partial charge in [0.2, 0.25) is 5.91 Å². The van der Waals surface area contributed by atoms with Crippen molar-refractivity contribution in [3.63, 3.8) is 0 Å². The lowest BCUT2D eigenvalue weighted by Gasteiger charge is -2.16. The Kier molecular flexibility index (Phi) is 5.31. The molecule has 1 heterocycles. The molecule has 0 bridgehead atoms. The molecule has 0 aliphatic rings. The van der Waals surface area contributed by atoms with Crippen molar-refractivity contribution in [3.05, 3.63) is 18.2 Å². The smallest absolute Gasteiger partial charge is 0.303 e. The van der Waals surface area contributed by atoms with Crippen molar-refractivity contribution < 1.29 is 14.7 Å². The summed E-state index contributed by atoms with van der Waals surface area (Å²) in [7, 11) is 0. The molecule has 18 heavy (non-hydrogen) atoms. The second-order valence-corrected chi connectivity index (χ2v) is 4.23. The highest BCUT2D eigenvalue weighted by Gasteiger charge is 2.17. The third kappa shape index (κ3) is 4.96. The van der Waals surface area contributed by atoms with Crippen LogP contribution in [-0.2, 0) is 16.0 Å². The highest BCUT2D eigenvalue weighted by Crippen LogP contribution is 2.00. The molecule has 0 aliphatic carbocycles. The maximum absolute atomic E-state index is 11.7. The Hall–Kier alpha value is -1.89. The molecule has 7 heteroatoms. The number of aromatic amines is 1. The predicted octanol–water partition coefficient (Wildman–Crippen LogP) is -0.351. The van der Waals surface area contributed by atoms with Gasteiger partial charge in [-0.25, -0.2) is 4.98 Å². The van der Waals surface area contributed by atoms with E-state index in [0.29, 0.717) is 12.8 Å². The van der Waals surface area contributed by atoms with Crippen LogP contribution in [0.15, 0.2) is 12.5 Å². The average molecular weight is 254 g/mol. The van der Waals surface area contributed by atoms with Crippen molar-refractivity contribution >= 4 is 11.9 Å². The molecule has 1 aromatic rings. The summed E-state index contributed by atoms with van der Waals surface area (Å²) in [5.41, 5.74) is 6.52. The van der Waals surface area contributed by atoms with Crippen LogP contribution in [0, 0.1) is 0 Å². The zero-order chi connectivity index (χ0) is 13.5. The minimum atomic E-state index is -0.877. The van der Waals surface area contributed by atoms with Gasteiger partial charge in [-0.05, 0) is 13.3 Å². The number of carboxylic acids is 1. The van der Waals surface area contributed by atoms with Crippen molar-refractivity contribution in [2.75, 3.05) is 0 Å². The number of amides is 1. The van der Waals surface area contributed by atoms with Gasteiger partial charge < -0.3 is 21.1 Å². The molecule has 0 saturated carbocycles. The van der Waals surface area contributed by atoms with E-state index in [1.807, 2.05) is 0 Å². The van der Waals surface area contributed by atoms with Gasteiger partial charge in [-0.15, -0.1) is 0 Å². The highest BCUT2D eigenvalue weighted by molar-refractivity contribution is 5.82. The number of nitrogens with two attached hydrogens (primary N) is 1. The van der Waals surface area contributed by atoms with Crippen molar-refractivity contribution in [2.24, 2.45) is 5.73 Å². The summed E-state index contributed by atoms with van der Waals surface area (Å²) in [4.78, 5) is 28.8. The third-order valence-electron chi connectivity index (χ3n) is 2.51. The van der Waals surface area contributed by atoms with Gasteiger partial charge in [0, 0.05) is 30.8 Å². The van der Waals surface area contributed by atoms with Crippen LogP contribution >= 0.6 is 0 Å². The summed E-state index contributed by atoms with van der Waals surface area (Å²) in [6.07, 6.45) is 3.92. The van der Waals surface area contributed by atoms with Crippen molar-refractivity contribution in [1.29, 1.82) is 0 Å². The molecule has 0 fully saturated rings. The van der Waals surface area contributed by atoms with E-state index >= 15 is 0 Å². The molecular weight excluding hydrogens is 236 g/mol. The first kappa shape index (κ1) is 14.2. The van der Waals surface area contributed by atoms with E-state index < -0.39 is 12.0 Å². The minimum absolute atomic E-state index is 0.0250. The largest absolute Gasteiger partial charge is 0.481 e. The van der Waals surface area contributed by atoms with E-state index in [4.69, 9.17) is 10.8 Å². The molecule has 0 aromatic carbocycles. The first-order valence-corrected chi connectivity index (χ1v) is 5.74. The number of carboxylic acid groups (broad SMARTS) is 1. The van der Waals surface area contributed by atoms with Gasteiger partial charge in [0.15, 0.2) is 0 Å². The Morgan fingerprint density at radius 3 is 2.89 bits per heavy atom. The molecular formula is C11H18N4O3. The summed E-state index contributed by atoms with van der Waals surface area (Å²) in [5, 5.41) is 11.2. The van der Waals surface area contributed by atoms with E-state index in [0.717, 1.165) is 5.69 Å². The van der Waals surface area contributed by atoms with Crippen LogP contribution < -0.4 is 11.1 Å². The van der Waals surface area contributed by atoms with Gasteiger partial charge in [0.25, 0.3) is 0 Å². The zero-order valence-corrected chi connectivity index (χ0v) is 10.2. The number of hydrogen-bond donors (Lipinski definition) is 4. The Balaban J connectivity index is 2.33. The molecule has 5 N–H and O–H groups in total. The molecule has 0 aliphatic heterocycles. The van der Waals surface area contributed by atoms with Crippen molar-refractivity contribution in [1.82, 2.24) is 15.3 Å². The first-order valence-electron chi connectivity index (χ1n) is 5.74. The lowest BCUT2D eigenvalue weighted by molar-refractivity contribution is -0.137. The van der Waals surface area contributed by atoms with Crippen LogP contribution in [0.3, 0.4) is 0 Å².